The number of nitrogens with two attached hydrogens (primary N) is 1. The molecular weight excluding hydrogens is 206 g/mol. The summed E-state index contributed by atoms with van der Waals surface area (Å²) in [6, 6.07) is 2.21. The average molecular weight is 223 g/mol. The molecule has 0 bridgehead atoms. The molecule has 0 amide bonds. The number of nitriles is 1. The van der Waals surface area contributed by atoms with Gasteiger partial charge < -0.3 is 5.73 Å². The Morgan fingerprint density at radius 1 is 1.53 bits per heavy atom. The van der Waals surface area contributed by atoms with Crippen LogP contribution < -0.4 is 5.73 Å². The van der Waals surface area contributed by atoms with Crippen molar-refractivity contribution in [3.05, 3.63) is 16.1 Å². The van der Waals surface area contributed by atoms with Crippen LogP contribution in [0.15, 0.2) is 5.38 Å². The summed E-state index contributed by atoms with van der Waals surface area (Å²) in [5.74, 6) is 0.366. The van der Waals surface area contributed by atoms with Crippen LogP contribution in [0, 0.1) is 17.2 Å². The van der Waals surface area contributed by atoms with E-state index >= 15 is 0 Å². The van der Waals surface area contributed by atoms with Crippen molar-refractivity contribution in [3.63, 3.8) is 0 Å². The van der Waals surface area contributed by atoms with Crippen LogP contribution in [0.5, 0.6) is 0 Å². The summed E-state index contributed by atoms with van der Waals surface area (Å²) in [5, 5.41) is 11.8. The zero-order valence-electron chi connectivity index (χ0n) is 9.61. The van der Waals surface area contributed by atoms with Crippen LogP contribution in [0.3, 0.4) is 0 Å². The lowest BCUT2D eigenvalue weighted by Gasteiger charge is -2.13. The van der Waals surface area contributed by atoms with E-state index in [0.29, 0.717) is 5.92 Å². The summed E-state index contributed by atoms with van der Waals surface area (Å²) in [6.07, 6.45) is 0. The van der Waals surface area contributed by atoms with Crippen molar-refractivity contribution in [1.29, 1.82) is 5.26 Å². The molecule has 3 nitrogen and oxygen atoms in total. The molecule has 15 heavy (non-hydrogen) atoms. The molecule has 1 aromatic heterocycles. The van der Waals surface area contributed by atoms with Gasteiger partial charge >= 0.3 is 0 Å². The molecule has 0 saturated carbocycles. The van der Waals surface area contributed by atoms with Gasteiger partial charge in [0.2, 0.25) is 0 Å². The van der Waals surface area contributed by atoms with E-state index < -0.39 is 5.41 Å². The largest absolute Gasteiger partial charge is 0.322 e. The lowest BCUT2D eigenvalue weighted by Crippen LogP contribution is -2.18. The van der Waals surface area contributed by atoms with Gasteiger partial charge in [-0.1, -0.05) is 13.8 Å². The van der Waals surface area contributed by atoms with E-state index in [-0.39, 0.29) is 6.04 Å². The predicted molar refractivity (Wildman–Crippen MR) is 62.5 cm³/mol. The second-order valence-electron chi connectivity index (χ2n) is 4.58. The van der Waals surface area contributed by atoms with Gasteiger partial charge in [0, 0.05) is 5.38 Å². The standard InChI is InChI=1S/C11H17N3S/c1-7(2)9(13)8-5-15-10(14-8)11(3,4)6-12/h5,7,9H,13H2,1-4H3. The van der Waals surface area contributed by atoms with Gasteiger partial charge in [0.1, 0.15) is 10.4 Å². The fraction of sp³-hybridized carbons (Fsp3) is 0.636. The van der Waals surface area contributed by atoms with E-state index in [0.717, 1.165) is 10.7 Å². The number of aromatic nitrogens is 1. The van der Waals surface area contributed by atoms with Crippen molar-refractivity contribution >= 4 is 11.3 Å². The molecule has 1 aromatic rings. The van der Waals surface area contributed by atoms with Crippen LogP contribution in [0.25, 0.3) is 0 Å². The molecule has 0 radical (unpaired) electrons. The summed E-state index contributed by atoms with van der Waals surface area (Å²) in [4.78, 5) is 4.44. The SMILES string of the molecule is CC(C)C(N)c1csc(C(C)(C)C#N)n1. The Morgan fingerprint density at radius 3 is 2.60 bits per heavy atom. The van der Waals surface area contributed by atoms with Crippen LogP contribution in [0.4, 0.5) is 0 Å². The van der Waals surface area contributed by atoms with Gasteiger partial charge in [-0.05, 0) is 19.8 Å². The molecule has 1 rings (SSSR count). The maximum Gasteiger partial charge on any atom is 0.113 e. The summed E-state index contributed by atoms with van der Waals surface area (Å²) < 4.78 is 0. The van der Waals surface area contributed by atoms with Gasteiger partial charge in [0.25, 0.3) is 0 Å². The van der Waals surface area contributed by atoms with E-state index in [1.807, 2.05) is 19.2 Å². The molecule has 0 saturated heterocycles. The molecule has 0 spiro atoms. The Bertz CT molecular complexity index is 373. The third-order valence-electron chi connectivity index (χ3n) is 2.40. The third kappa shape index (κ3) is 2.55. The van der Waals surface area contributed by atoms with Gasteiger partial charge in [-0.15, -0.1) is 11.3 Å². The number of hydrogen-bond acceptors (Lipinski definition) is 4. The molecule has 0 fully saturated rings. The Labute approximate surface area is 94.9 Å². The van der Waals surface area contributed by atoms with Crippen molar-refractivity contribution < 1.29 is 0 Å². The quantitative estimate of drug-likeness (QED) is 0.856. The van der Waals surface area contributed by atoms with Gasteiger partial charge in [-0.2, -0.15) is 5.26 Å². The van der Waals surface area contributed by atoms with Gasteiger partial charge in [0.05, 0.1) is 17.8 Å². The fourth-order valence-electron chi connectivity index (χ4n) is 1.12. The minimum atomic E-state index is -0.514. The van der Waals surface area contributed by atoms with Crippen LogP contribution in [0.1, 0.15) is 44.4 Å². The first kappa shape index (κ1) is 12.2. The average Bonchev–Trinajstić information content (AvgIpc) is 2.65. The van der Waals surface area contributed by atoms with Gasteiger partial charge in [-0.25, -0.2) is 4.98 Å². The highest BCUT2D eigenvalue weighted by Crippen LogP contribution is 2.28. The monoisotopic (exact) mass is 223 g/mol. The normalized spacial score (nSPS) is 13.9. The Morgan fingerprint density at radius 2 is 2.13 bits per heavy atom. The molecule has 0 aromatic carbocycles. The van der Waals surface area contributed by atoms with Crippen LogP contribution >= 0.6 is 11.3 Å². The Hall–Kier alpha value is -0.920. The molecule has 0 aliphatic rings. The maximum absolute atomic E-state index is 8.99. The van der Waals surface area contributed by atoms with Crippen molar-refractivity contribution in [2.24, 2.45) is 11.7 Å². The zero-order valence-corrected chi connectivity index (χ0v) is 10.4. The number of rotatable bonds is 3. The van der Waals surface area contributed by atoms with E-state index in [1.54, 1.807) is 0 Å². The minimum absolute atomic E-state index is 0.0375. The van der Waals surface area contributed by atoms with Crippen molar-refractivity contribution in [3.8, 4) is 6.07 Å². The van der Waals surface area contributed by atoms with Crippen molar-refractivity contribution in [2.45, 2.75) is 39.2 Å². The molecule has 0 aliphatic carbocycles. The van der Waals surface area contributed by atoms with Gasteiger partial charge in [-0.3, -0.25) is 0 Å². The van der Waals surface area contributed by atoms with E-state index in [9.17, 15) is 0 Å². The molecular formula is C11H17N3S. The highest BCUT2D eigenvalue weighted by Gasteiger charge is 2.25. The lowest BCUT2D eigenvalue weighted by atomic mass is 9.97. The van der Waals surface area contributed by atoms with E-state index in [1.165, 1.54) is 11.3 Å². The Kier molecular flexibility index (Phi) is 3.48. The molecule has 4 heteroatoms. The highest BCUT2D eigenvalue weighted by atomic mass is 32.1. The third-order valence-corrected chi connectivity index (χ3v) is 3.58. The predicted octanol–water partition coefficient (Wildman–Crippen LogP) is 2.60. The van der Waals surface area contributed by atoms with Crippen molar-refractivity contribution in [1.82, 2.24) is 4.98 Å². The molecule has 2 N–H and O–H groups in total. The molecule has 1 heterocycles. The fourth-order valence-corrected chi connectivity index (χ4v) is 2.06. The highest BCUT2D eigenvalue weighted by molar-refractivity contribution is 7.09. The van der Waals surface area contributed by atoms with E-state index in [2.05, 4.69) is 24.9 Å². The summed E-state index contributed by atoms with van der Waals surface area (Å²) in [7, 11) is 0. The molecule has 1 atom stereocenters. The first-order chi connectivity index (χ1) is 6.88. The summed E-state index contributed by atoms with van der Waals surface area (Å²) >= 11 is 1.51. The second-order valence-corrected chi connectivity index (χ2v) is 5.44. The molecule has 0 aliphatic heterocycles. The summed E-state index contributed by atoms with van der Waals surface area (Å²) in [5.41, 5.74) is 6.38. The lowest BCUT2D eigenvalue weighted by molar-refractivity contribution is 0.502. The molecule has 1 unspecified atom stereocenters. The Balaban J connectivity index is 2.96. The van der Waals surface area contributed by atoms with Crippen molar-refractivity contribution in [2.75, 3.05) is 0 Å². The minimum Gasteiger partial charge on any atom is -0.322 e. The zero-order chi connectivity index (χ0) is 11.6. The summed E-state index contributed by atoms with van der Waals surface area (Å²) in [6.45, 7) is 7.88. The van der Waals surface area contributed by atoms with Crippen LogP contribution in [-0.2, 0) is 5.41 Å². The number of thiazole rings is 1. The number of hydrogen-bond donors (Lipinski definition) is 1. The topological polar surface area (TPSA) is 62.7 Å². The second kappa shape index (κ2) is 4.30. The smallest absolute Gasteiger partial charge is 0.113 e. The van der Waals surface area contributed by atoms with Crippen LogP contribution in [-0.4, -0.2) is 4.98 Å². The number of nitrogens with zero attached hydrogens (tertiary/aromatic N) is 2. The van der Waals surface area contributed by atoms with Gasteiger partial charge in [0.15, 0.2) is 0 Å². The first-order valence-corrected chi connectivity index (χ1v) is 5.89. The maximum atomic E-state index is 8.99. The van der Waals surface area contributed by atoms with Crippen LogP contribution in [0.2, 0.25) is 0 Å². The van der Waals surface area contributed by atoms with E-state index in [4.69, 9.17) is 11.0 Å². The first-order valence-electron chi connectivity index (χ1n) is 5.01. The molecule has 82 valence electrons.